The van der Waals surface area contributed by atoms with E-state index in [4.69, 9.17) is 17.0 Å². The molecular formula is C13H13N3O4S. The second kappa shape index (κ2) is 5.88. The highest BCUT2D eigenvalue weighted by atomic mass is 32.1. The van der Waals surface area contributed by atoms with Crippen molar-refractivity contribution in [1.29, 1.82) is 0 Å². The van der Waals surface area contributed by atoms with Crippen molar-refractivity contribution in [2.75, 3.05) is 7.11 Å². The molecule has 1 aromatic carbocycles. The first kappa shape index (κ1) is 14.9. The molecule has 0 aliphatic carbocycles. The molecule has 8 heteroatoms. The van der Waals surface area contributed by atoms with E-state index < -0.39 is 16.9 Å². The minimum absolute atomic E-state index is 0.0180. The molecule has 7 nitrogen and oxygen atoms in total. The van der Waals surface area contributed by atoms with Gasteiger partial charge in [0.15, 0.2) is 5.11 Å². The number of hydrogen-bond donors (Lipinski definition) is 2. The Morgan fingerprint density at radius 1 is 1.38 bits per heavy atom. The van der Waals surface area contributed by atoms with E-state index >= 15 is 0 Å². The number of rotatable bonds is 3. The monoisotopic (exact) mass is 307 g/mol. The van der Waals surface area contributed by atoms with E-state index in [-0.39, 0.29) is 5.69 Å². The number of thiocarbonyl (C=S) groups is 1. The predicted octanol–water partition coefficient (Wildman–Crippen LogP) is 1.56. The third kappa shape index (κ3) is 3.00. The van der Waals surface area contributed by atoms with Gasteiger partial charge in [0.2, 0.25) is 0 Å². The van der Waals surface area contributed by atoms with Gasteiger partial charge in [-0.2, -0.15) is 0 Å². The summed E-state index contributed by atoms with van der Waals surface area (Å²) in [6.07, 6.45) is 0. The zero-order valence-electron chi connectivity index (χ0n) is 11.4. The van der Waals surface area contributed by atoms with Crippen molar-refractivity contribution in [3.05, 3.63) is 51.2 Å². The number of allylic oxidation sites excluding steroid dienone is 1. The fraction of sp³-hybridized carbons (Fsp3) is 0.231. The Morgan fingerprint density at radius 3 is 2.52 bits per heavy atom. The SMILES string of the molecule is COC(=O)C1=C(C)NC(=S)N[C@@H]1c1ccc([N+](=O)[O-])cc1. The minimum atomic E-state index is -0.507. The maximum Gasteiger partial charge on any atom is 0.337 e. The fourth-order valence-electron chi connectivity index (χ4n) is 2.11. The number of non-ortho nitro benzene ring substituents is 1. The molecule has 2 N–H and O–H groups in total. The van der Waals surface area contributed by atoms with Crippen LogP contribution in [0.4, 0.5) is 5.69 Å². The molecule has 21 heavy (non-hydrogen) atoms. The Kier molecular flexibility index (Phi) is 4.18. The van der Waals surface area contributed by atoms with E-state index in [2.05, 4.69) is 10.6 Å². The molecule has 1 aliphatic rings. The van der Waals surface area contributed by atoms with Crippen LogP contribution < -0.4 is 10.6 Å². The van der Waals surface area contributed by atoms with Gasteiger partial charge in [0.1, 0.15) is 0 Å². The highest BCUT2D eigenvalue weighted by Crippen LogP contribution is 2.28. The van der Waals surface area contributed by atoms with E-state index in [0.717, 1.165) is 0 Å². The summed E-state index contributed by atoms with van der Waals surface area (Å²) in [6.45, 7) is 1.72. The summed E-state index contributed by atoms with van der Waals surface area (Å²) < 4.78 is 4.78. The van der Waals surface area contributed by atoms with E-state index in [1.165, 1.54) is 19.2 Å². The summed E-state index contributed by atoms with van der Waals surface area (Å²) >= 11 is 5.09. The lowest BCUT2D eigenvalue weighted by Crippen LogP contribution is -2.45. The molecule has 0 saturated heterocycles. The van der Waals surface area contributed by atoms with Crippen LogP contribution in [0.15, 0.2) is 35.5 Å². The van der Waals surface area contributed by atoms with Crippen molar-refractivity contribution < 1.29 is 14.5 Å². The van der Waals surface area contributed by atoms with Crippen LogP contribution in [-0.4, -0.2) is 23.1 Å². The van der Waals surface area contributed by atoms with Gasteiger partial charge in [0, 0.05) is 17.8 Å². The average molecular weight is 307 g/mol. The Hall–Kier alpha value is -2.48. The first-order valence-electron chi connectivity index (χ1n) is 6.05. The van der Waals surface area contributed by atoms with Crippen molar-refractivity contribution in [2.24, 2.45) is 0 Å². The lowest BCUT2D eigenvalue weighted by molar-refractivity contribution is -0.384. The largest absolute Gasteiger partial charge is 0.466 e. The summed E-state index contributed by atoms with van der Waals surface area (Å²) in [5, 5.41) is 16.9. The van der Waals surface area contributed by atoms with Crippen molar-refractivity contribution in [1.82, 2.24) is 10.6 Å². The van der Waals surface area contributed by atoms with Crippen molar-refractivity contribution >= 4 is 29.0 Å². The number of carbonyl (C=O) groups is 1. The minimum Gasteiger partial charge on any atom is -0.466 e. The summed E-state index contributed by atoms with van der Waals surface area (Å²) in [6, 6.07) is 5.42. The number of hydrogen-bond acceptors (Lipinski definition) is 5. The van der Waals surface area contributed by atoms with E-state index in [1.54, 1.807) is 19.1 Å². The van der Waals surface area contributed by atoms with Gasteiger partial charge in [-0.25, -0.2) is 4.79 Å². The zero-order chi connectivity index (χ0) is 15.6. The first-order chi connectivity index (χ1) is 9.93. The van der Waals surface area contributed by atoms with Gasteiger partial charge in [0.05, 0.1) is 23.6 Å². The Labute approximate surface area is 126 Å². The van der Waals surface area contributed by atoms with Gasteiger partial charge < -0.3 is 15.4 Å². The molecule has 0 unspecified atom stereocenters. The van der Waals surface area contributed by atoms with E-state index in [1.807, 2.05) is 0 Å². The van der Waals surface area contributed by atoms with E-state index in [9.17, 15) is 14.9 Å². The van der Waals surface area contributed by atoms with Crippen LogP contribution in [0.2, 0.25) is 0 Å². The maximum absolute atomic E-state index is 11.9. The molecule has 2 rings (SSSR count). The number of ether oxygens (including phenoxy) is 1. The first-order valence-corrected chi connectivity index (χ1v) is 6.46. The topological polar surface area (TPSA) is 93.5 Å². The number of nitrogens with one attached hydrogen (secondary N) is 2. The van der Waals surface area contributed by atoms with E-state index in [0.29, 0.717) is 21.9 Å². The van der Waals surface area contributed by atoms with Crippen LogP contribution in [-0.2, 0) is 9.53 Å². The third-order valence-corrected chi connectivity index (χ3v) is 3.33. The number of nitro benzene ring substituents is 1. The number of benzene rings is 1. The van der Waals surface area contributed by atoms with Gasteiger partial charge >= 0.3 is 5.97 Å². The molecule has 110 valence electrons. The molecule has 1 atom stereocenters. The summed E-state index contributed by atoms with van der Waals surface area (Å²) in [7, 11) is 1.29. The third-order valence-electron chi connectivity index (χ3n) is 3.11. The normalized spacial score (nSPS) is 17.8. The smallest absolute Gasteiger partial charge is 0.337 e. The zero-order valence-corrected chi connectivity index (χ0v) is 12.2. The molecule has 0 radical (unpaired) electrons. The second-order valence-corrected chi connectivity index (χ2v) is 4.82. The van der Waals surface area contributed by atoms with Crippen LogP contribution in [0.5, 0.6) is 0 Å². The standard InChI is InChI=1S/C13H13N3O4S/c1-7-10(12(17)20-2)11(15-13(21)14-7)8-3-5-9(6-4-8)16(18)19/h3-6,11H,1-2H3,(H2,14,15,21)/t11-/m1/s1. The molecule has 1 heterocycles. The summed E-state index contributed by atoms with van der Waals surface area (Å²) in [4.78, 5) is 22.1. The van der Waals surface area contributed by atoms with Crippen LogP contribution in [0.3, 0.4) is 0 Å². The predicted molar refractivity (Wildman–Crippen MR) is 79.4 cm³/mol. The molecule has 0 saturated carbocycles. The lowest BCUT2D eigenvalue weighted by Gasteiger charge is -2.29. The van der Waals surface area contributed by atoms with Gasteiger partial charge in [-0.3, -0.25) is 10.1 Å². The molecule has 0 spiro atoms. The molecule has 1 aliphatic heterocycles. The Morgan fingerprint density at radius 2 is 2.00 bits per heavy atom. The fourth-order valence-corrected chi connectivity index (χ4v) is 2.38. The van der Waals surface area contributed by atoms with Crippen LogP contribution in [0, 0.1) is 10.1 Å². The van der Waals surface area contributed by atoms with Crippen molar-refractivity contribution in [3.8, 4) is 0 Å². The number of nitrogens with zero attached hydrogens (tertiary/aromatic N) is 1. The molecular weight excluding hydrogens is 294 g/mol. The molecule has 0 amide bonds. The highest BCUT2D eigenvalue weighted by molar-refractivity contribution is 7.80. The van der Waals surface area contributed by atoms with Gasteiger partial charge in [-0.1, -0.05) is 0 Å². The highest BCUT2D eigenvalue weighted by Gasteiger charge is 2.30. The molecule has 1 aromatic rings. The molecule has 0 bridgehead atoms. The second-order valence-electron chi connectivity index (χ2n) is 4.41. The number of esters is 1. The van der Waals surface area contributed by atoms with Gasteiger partial charge in [-0.05, 0) is 36.8 Å². The number of nitro groups is 1. The Bertz CT molecular complexity index is 639. The van der Waals surface area contributed by atoms with Crippen molar-refractivity contribution in [3.63, 3.8) is 0 Å². The summed E-state index contributed by atoms with van der Waals surface area (Å²) in [5.41, 5.74) is 1.65. The lowest BCUT2D eigenvalue weighted by atomic mass is 9.95. The van der Waals surface area contributed by atoms with Crippen LogP contribution >= 0.6 is 12.2 Å². The van der Waals surface area contributed by atoms with Gasteiger partial charge in [-0.15, -0.1) is 0 Å². The van der Waals surface area contributed by atoms with Gasteiger partial charge in [0.25, 0.3) is 5.69 Å². The van der Waals surface area contributed by atoms with Crippen molar-refractivity contribution in [2.45, 2.75) is 13.0 Å². The van der Waals surface area contributed by atoms with Crippen LogP contribution in [0.1, 0.15) is 18.5 Å². The van der Waals surface area contributed by atoms with Crippen LogP contribution in [0.25, 0.3) is 0 Å². The average Bonchev–Trinajstić information content (AvgIpc) is 2.45. The summed E-state index contributed by atoms with van der Waals surface area (Å²) in [5.74, 6) is -0.488. The molecule has 0 fully saturated rings. The molecule has 0 aromatic heterocycles. The number of carbonyl (C=O) groups excluding carboxylic acids is 1. The number of methoxy groups -OCH3 is 1. The Balaban J connectivity index is 2.43. The quantitative estimate of drug-likeness (QED) is 0.379. The maximum atomic E-state index is 11.9.